The minimum absolute atomic E-state index is 0.499. The van der Waals surface area contributed by atoms with E-state index in [9.17, 15) is 4.79 Å². The van der Waals surface area contributed by atoms with Crippen LogP contribution in [0, 0.1) is 6.92 Å². The van der Waals surface area contributed by atoms with Crippen molar-refractivity contribution < 1.29 is 9.21 Å². The maximum Gasteiger partial charge on any atom is 0.198 e. The van der Waals surface area contributed by atoms with Gasteiger partial charge in [-0.3, -0.25) is 4.79 Å². The minimum atomic E-state index is 0.499. The summed E-state index contributed by atoms with van der Waals surface area (Å²) in [5, 5.41) is 0. The first-order valence-corrected chi connectivity index (χ1v) is 3.48. The van der Waals surface area contributed by atoms with Crippen molar-refractivity contribution in [3.8, 4) is 0 Å². The van der Waals surface area contributed by atoms with Gasteiger partial charge in [-0.05, 0) is 6.07 Å². The molecule has 0 aromatic carbocycles. The van der Waals surface area contributed by atoms with Crippen LogP contribution in [0.1, 0.15) is 16.2 Å². The lowest BCUT2D eigenvalue weighted by Gasteiger charge is -1.86. The molecule has 0 aliphatic rings. The highest BCUT2D eigenvalue weighted by molar-refractivity contribution is 5.80. The van der Waals surface area contributed by atoms with Crippen LogP contribution in [0.4, 0.5) is 0 Å². The molecule has 12 heavy (non-hydrogen) atoms. The molecule has 0 fully saturated rings. The number of hydrogen-bond donors (Lipinski definition) is 0. The first kappa shape index (κ1) is 6.97. The van der Waals surface area contributed by atoms with Gasteiger partial charge in [0.15, 0.2) is 23.4 Å². The Kier molecular flexibility index (Phi) is 1.40. The molecule has 4 nitrogen and oxygen atoms in total. The van der Waals surface area contributed by atoms with Crippen molar-refractivity contribution in [1.82, 2.24) is 9.97 Å². The van der Waals surface area contributed by atoms with E-state index in [0.29, 0.717) is 22.7 Å². The van der Waals surface area contributed by atoms with E-state index in [1.165, 1.54) is 6.20 Å². The van der Waals surface area contributed by atoms with Crippen LogP contribution in [0.5, 0.6) is 0 Å². The van der Waals surface area contributed by atoms with Crippen molar-refractivity contribution in [3.63, 3.8) is 0 Å². The second-order valence-electron chi connectivity index (χ2n) is 2.44. The Bertz CT molecular complexity index is 434. The zero-order valence-electron chi connectivity index (χ0n) is 6.44. The molecule has 0 spiro atoms. The van der Waals surface area contributed by atoms with Crippen LogP contribution in [0.2, 0.25) is 0 Å². The van der Waals surface area contributed by atoms with E-state index in [1.807, 2.05) is 0 Å². The third-order valence-corrected chi connectivity index (χ3v) is 1.51. The fourth-order valence-corrected chi connectivity index (χ4v) is 1.01. The van der Waals surface area contributed by atoms with Crippen LogP contribution >= 0.6 is 0 Å². The molecule has 0 N–H and O–H groups in total. The number of aldehydes is 1. The largest absolute Gasteiger partial charge is 0.439 e. The van der Waals surface area contributed by atoms with Crippen LogP contribution in [0.25, 0.3) is 11.2 Å². The molecule has 2 aromatic heterocycles. The number of aryl methyl sites for hydroxylation is 1. The fourth-order valence-electron chi connectivity index (χ4n) is 1.01. The minimum Gasteiger partial charge on any atom is -0.439 e. The summed E-state index contributed by atoms with van der Waals surface area (Å²) in [6.07, 6.45) is 2.20. The number of nitrogens with zero attached hydrogens (tertiary/aromatic N) is 2. The molecule has 0 aliphatic heterocycles. The average Bonchev–Trinajstić information content (AvgIpc) is 2.43. The summed E-state index contributed by atoms with van der Waals surface area (Å²) >= 11 is 0. The van der Waals surface area contributed by atoms with Gasteiger partial charge in [-0.2, -0.15) is 4.98 Å². The second kappa shape index (κ2) is 2.41. The summed E-state index contributed by atoms with van der Waals surface area (Å²) in [5.41, 5.74) is 1.59. The lowest BCUT2D eigenvalue weighted by atomic mass is 10.3. The molecule has 2 heterocycles. The maximum atomic E-state index is 10.4. The highest BCUT2D eigenvalue weighted by Gasteiger charge is 2.03. The van der Waals surface area contributed by atoms with Crippen LogP contribution in [-0.4, -0.2) is 16.3 Å². The molecule has 4 heteroatoms. The summed E-state index contributed by atoms with van der Waals surface area (Å²) in [5.74, 6) is 0.556. The molecular weight excluding hydrogens is 156 g/mol. The van der Waals surface area contributed by atoms with Gasteiger partial charge in [0, 0.05) is 18.7 Å². The van der Waals surface area contributed by atoms with Crippen LogP contribution in [0.3, 0.4) is 0 Å². The predicted octanol–water partition coefficient (Wildman–Crippen LogP) is 1.34. The highest BCUT2D eigenvalue weighted by atomic mass is 16.3. The maximum absolute atomic E-state index is 10.4. The number of fused-ring (bicyclic) bond motifs is 1. The molecule has 0 unspecified atom stereocenters. The summed E-state index contributed by atoms with van der Waals surface area (Å²) in [6, 6.07) is 1.62. The number of oxazole rings is 1. The van der Waals surface area contributed by atoms with Crippen molar-refractivity contribution in [1.29, 1.82) is 0 Å². The van der Waals surface area contributed by atoms with Crippen molar-refractivity contribution in [2.24, 2.45) is 0 Å². The molecule has 60 valence electrons. The Morgan fingerprint density at radius 1 is 1.58 bits per heavy atom. The first-order valence-electron chi connectivity index (χ1n) is 3.48. The first-order chi connectivity index (χ1) is 5.79. The predicted molar refractivity (Wildman–Crippen MR) is 41.9 cm³/mol. The molecule has 0 aliphatic carbocycles. The van der Waals surface area contributed by atoms with Gasteiger partial charge in [-0.15, -0.1) is 0 Å². The number of hydrogen-bond acceptors (Lipinski definition) is 4. The molecule has 0 radical (unpaired) electrons. The van der Waals surface area contributed by atoms with Gasteiger partial charge in [0.2, 0.25) is 0 Å². The number of rotatable bonds is 1. The van der Waals surface area contributed by atoms with Gasteiger partial charge >= 0.3 is 0 Å². The van der Waals surface area contributed by atoms with E-state index < -0.39 is 0 Å². The molecule has 2 aromatic rings. The van der Waals surface area contributed by atoms with E-state index in [1.54, 1.807) is 13.0 Å². The van der Waals surface area contributed by atoms with Gasteiger partial charge in [-0.1, -0.05) is 0 Å². The second-order valence-corrected chi connectivity index (χ2v) is 2.44. The monoisotopic (exact) mass is 162 g/mol. The summed E-state index contributed by atoms with van der Waals surface area (Å²) < 4.78 is 5.18. The summed E-state index contributed by atoms with van der Waals surface area (Å²) in [6.45, 7) is 1.74. The number of carbonyl (C=O) groups excluding carboxylic acids is 1. The van der Waals surface area contributed by atoms with Crippen molar-refractivity contribution >= 4 is 17.5 Å². The normalized spacial score (nSPS) is 10.4. The SMILES string of the molecule is Cc1nc2ncc(C=O)cc2o1. The zero-order valence-corrected chi connectivity index (χ0v) is 6.44. The van der Waals surface area contributed by atoms with Gasteiger partial charge in [-0.25, -0.2) is 4.98 Å². The number of aromatic nitrogens is 2. The molecule has 0 atom stereocenters. The van der Waals surface area contributed by atoms with Gasteiger partial charge in [0.1, 0.15) is 0 Å². The Labute approximate surface area is 68.2 Å². The van der Waals surface area contributed by atoms with E-state index in [-0.39, 0.29) is 0 Å². The van der Waals surface area contributed by atoms with Gasteiger partial charge in [0.05, 0.1) is 0 Å². The Balaban J connectivity index is 2.74. The number of carbonyl (C=O) groups is 1. The third-order valence-electron chi connectivity index (χ3n) is 1.51. The molecule has 0 bridgehead atoms. The third kappa shape index (κ3) is 0.972. The van der Waals surface area contributed by atoms with Crippen molar-refractivity contribution in [2.75, 3.05) is 0 Å². The van der Waals surface area contributed by atoms with E-state index in [0.717, 1.165) is 6.29 Å². The zero-order chi connectivity index (χ0) is 8.55. The Morgan fingerprint density at radius 2 is 2.42 bits per heavy atom. The van der Waals surface area contributed by atoms with Crippen LogP contribution in [0.15, 0.2) is 16.7 Å². The Morgan fingerprint density at radius 3 is 3.17 bits per heavy atom. The smallest absolute Gasteiger partial charge is 0.198 e. The quantitative estimate of drug-likeness (QED) is 0.594. The fraction of sp³-hybridized carbons (Fsp3) is 0.125. The Hall–Kier alpha value is -1.71. The summed E-state index contributed by atoms with van der Waals surface area (Å²) in [4.78, 5) is 18.3. The molecule has 2 rings (SSSR count). The molecular formula is C8H6N2O2. The molecule has 0 saturated carbocycles. The lowest BCUT2D eigenvalue weighted by Crippen LogP contribution is -1.82. The average molecular weight is 162 g/mol. The molecule has 0 amide bonds. The standard InChI is InChI=1S/C8H6N2O2/c1-5-10-8-7(12-5)2-6(4-11)3-9-8/h2-4H,1H3. The number of pyridine rings is 1. The van der Waals surface area contributed by atoms with Crippen molar-refractivity contribution in [2.45, 2.75) is 6.92 Å². The lowest BCUT2D eigenvalue weighted by molar-refractivity contribution is 0.112. The molecule has 0 saturated heterocycles. The van der Waals surface area contributed by atoms with Gasteiger partial charge < -0.3 is 4.42 Å². The van der Waals surface area contributed by atoms with Crippen LogP contribution in [-0.2, 0) is 0 Å². The van der Waals surface area contributed by atoms with Gasteiger partial charge in [0.25, 0.3) is 0 Å². The summed E-state index contributed by atoms with van der Waals surface area (Å²) in [7, 11) is 0. The van der Waals surface area contributed by atoms with E-state index in [4.69, 9.17) is 4.42 Å². The highest BCUT2D eigenvalue weighted by Crippen LogP contribution is 2.12. The topological polar surface area (TPSA) is 56.0 Å². The van der Waals surface area contributed by atoms with Crippen molar-refractivity contribution in [3.05, 3.63) is 23.7 Å². The van der Waals surface area contributed by atoms with E-state index in [2.05, 4.69) is 9.97 Å². The van der Waals surface area contributed by atoms with E-state index >= 15 is 0 Å². The van der Waals surface area contributed by atoms with Crippen LogP contribution < -0.4 is 0 Å².